The van der Waals surface area contributed by atoms with Gasteiger partial charge in [-0.2, -0.15) is 22.0 Å². The number of imidazole rings is 1. The van der Waals surface area contributed by atoms with Crippen LogP contribution in [0.3, 0.4) is 0 Å². The lowest BCUT2D eigenvalue weighted by Gasteiger charge is -2.15. The van der Waals surface area contributed by atoms with Crippen molar-refractivity contribution >= 4 is 0 Å². The zero-order chi connectivity index (χ0) is 10.1. The van der Waals surface area contributed by atoms with Gasteiger partial charge in [0.2, 0.25) is 0 Å². The molecule has 1 aromatic heterocycles. The van der Waals surface area contributed by atoms with Gasteiger partial charge in [-0.3, -0.25) is 0 Å². The maximum absolute atomic E-state index is 12.7. The highest BCUT2D eigenvalue weighted by molar-refractivity contribution is 4.97. The number of hydrogen-bond acceptors (Lipinski definition) is 1. The predicted octanol–water partition coefficient (Wildman–Crippen LogP) is 2.45. The molecule has 0 atom stereocenters. The molecule has 1 rings (SSSR count). The summed E-state index contributed by atoms with van der Waals surface area (Å²) in [6.45, 7) is 0. The largest absolute Gasteiger partial charge is 0.395 e. The summed E-state index contributed by atoms with van der Waals surface area (Å²) in [6.07, 6.45) is -5.09. The van der Waals surface area contributed by atoms with Gasteiger partial charge >= 0.3 is 12.1 Å². The average Bonchev–Trinajstić information content (AvgIpc) is 2.29. The Labute approximate surface area is 69.8 Å². The van der Waals surface area contributed by atoms with Crippen LogP contribution in [0.1, 0.15) is 12.2 Å². The highest BCUT2D eigenvalue weighted by atomic mass is 19.4. The highest BCUT2D eigenvalue weighted by Gasteiger charge is 2.46. The van der Waals surface area contributed by atoms with Crippen LogP contribution in [0.2, 0.25) is 0 Å². The van der Waals surface area contributed by atoms with Crippen LogP contribution in [0.4, 0.5) is 22.0 Å². The molecule has 1 N–H and O–H groups in total. The zero-order valence-electron chi connectivity index (χ0n) is 6.20. The minimum Gasteiger partial charge on any atom is -0.344 e. The molecule has 0 saturated heterocycles. The maximum Gasteiger partial charge on any atom is 0.395 e. The third kappa shape index (κ3) is 2.67. The molecule has 13 heavy (non-hydrogen) atoms. The third-order valence-electron chi connectivity index (χ3n) is 1.27. The summed E-state index contributed by atoms with van der Waals surface area (Å²) >= 11 is 0. The molecule has 0 aliphatic heterocycles. The molecule has 2 nitrogen and oxygen atoms in total. The van der Waals surface area contributed by atoms with Crippen LogP contribution in [0.5, 0.6) is 0 Å². The van der Waals surface area contributed by atoms with Crippen molar-refractivity contribution in [1.29, 1.82) is 0 Å². The Morgan fingerprint density at radius 3 is 2.23 bits per heavy atom. The van der Waals surface area contributed by atoms with E-state index in [1.165, 1.54) is 0 Å². The minimum absolute atomic E-state index is 0.968. The number of rotatable bonds is 2. The van der Waals surface area contributed by atoms with Crippen molar-refractivity contribution in [2.75, 3.05) is 0 Å². The van der Waals surface area contributed by atoms with Crippen LogP contribution in [0.25, 0.3) is 0 Å². The fourth-order valence-corrected chi connectivity index (χ4v) is 0.801. The molecule has 0 aliphatic rings. The monoisotopic (exact) mass is 200 g/mol. The SMILES string of the molecule is FC(F)(F)CC(F)(F)c1ncc[nH]1. The van der Waals surface area contributed by atoms with Gasteiger partial charge < -0.3 is 4.98 Å². The van der Waals surface area contributed by atoms with Crippen LogP contribution < -0.4 is 0 Å². The molecule has 1 heterocycles. The lowest BCUT2D eigenvalue weighted by molar-refractivity contribution is -0.193. The number of nitrogens with zero attached hydrogens (tertiary/aromatic N) is 1. The number of aromatic nitrogens is 2. The molecule has 0 spiro atoms. The van der Waals surface area contributed by atoms with E-state index in [9.17, 15) is 22.0 Å². The Morgan fingerprint density at radius 1 is 1.23 bits per heavy atom. The lowest BCUT2D eigenvalue weighted by atomic mass is 10.2. The average molecular weight is 200 g/mol. The molecular formula is C6H5F5N2. The Hall–Kier alpha value is -1.14. The van der Waals surface area contributed by atoms with E-state index in [1.807, 2.05) is 4.98 Å². The second kappa shape index (κ2) is 2.97. The van der Waals surface area contributed by atoms with E-state index in [1.54, 1.807) is 0 Å². The standard InChI is InChI=1S/C6H5F5N2/c7-5(8,3-6(9,10)11)4-12-1-2-13-4/h1-2H,3H2,(H,12,13). The van der Waals surface area contributed by atoms with Crippen molar-refractivity contribution in [3.63, 3.8) is 0 Å². The van der Waals surface area contributed by atoms with Crippen LogP contribution in [0, 0.1) is 0 Å². The summed E-state index contributed by atoms with van der Waals surface area (Å²) in [4.78, 5) is 5.01. The molecule has 0 radical (unpaired) electrons. The molecule has 0 unspecified atom stereocenters. The smallest absolute Gasteiger partial charge is 0.344 e. The first-order valence-corrected chi connectivity index (χ1v) is 3.26. The van der Waals surface area contributed by atoms with Crippen molar-refractivity contribution in [2.45, 2.75) is 18.5 Å². The van der Waals surface area contributed by atoms with E-state index < -0.39 is 24.3 Å². The number of H-pyrrole nitrogens is 1. The van der Waals surface area contributed by atoms with Gasteiger partial charge in [0.15, 0.2) is 5.82 Å². The van der Waals surface area contributed by atoms with Crippen LogP contribution in [0.15, 0.2) is 12.4 Å². The summed E-state index contributed by atoms with van der Waals surface area (Å²) < 4.78 is 60.2. The number of hydrogen-bond donors (Lipinski definition) is 1. The molecule has 0 aromatic carbocycles. The molecular weight excluding hydrogens is 195 g/mol. The molecule has 74 valence electrons. The van der Waals surface area contributed by atoms with E-state index in [4.69, 9.17) is 0 Å². The van der Waals surface area contributed by atoms with E-state index in [0.717, 1.165) is 12.4 Å². The quantitative estimate of drug-likeness (QED) is 0.730. The van der Waals surface area contributed by atoms with Crippen molar-refractivity contribution in [3.05, 3.63) is 18.2 Å². The number of nitrogens with one attached hydrogen (secondary N) is 1. The predicted molar refractivity (Wildman–Crippen MR) is 33.2 cm³/mol. The molecule has 0 bridgehead atoms. The Kier molecular flexibility index (Phi) is 2.27. The Balaban J connectivity index is 2.78. The summed E-state index contributed by atoms with van der Waals surface area (Å²) in [5, 5.41) is 0. The molecule has 0 amide bonds. The fourth-order valence-electron chi connectivity index (χ4n) is 0.801. The van der Waals surface area contributed by atoms with Gasteiger partial charge in [0.1, 0.15) is 6.42 Å². The third-order valence-corrected chi connectivity index (χ3v) is 1.27. The van der Waals surface area contributed by atoms with Gasteiger partial charge in [0.25, 0.3) is 0 Å². The first-order valence-electron chi connectivity index (χ1n) is 3.26. The van der Waals surface area contributed by atoms with Gasteiger partial charge in [-0.05, 0) is 0 Å². The van der Waals surface area contributed by atoms with E-state index in [2.05, 4.69) is 4.98 Å². The van der Waals surface area contributed by atoms with Gasteiger partial charge in [-0.25, -0.2) is 4.98 Å². The topological polar surface area (TPSA) is 28.7 Å². The van der Waals surface area contributed by atoms with Gasteiger partial charge in [-0.1, -0.05) is 0 Å². The van der Waals surface area contributed by atoms with Crippen molar-refractivity contribution in [3.8, 4) is 0 Å². The van der Waals surface area contributed by atoms with Gasteiger partial charge in [-0.15, -0.1) is 0 Å². The second-order valence-corrected chi connectivity index (χ2v) is 2.43. The van der Waals surface area contributed by atoms with Gasteiger partial charge in [0.05, 0.1) is 0 Å². The molecule has 0 saturated carbocycles. The fraction of sp³-hybridized carbons (Fsp3) is 0.500. The first kappa shape index (κ1) is 9.94. The highest BCUT2D eigenvalue weighted by Crippen LogP contribution is 2.37. The van der Waals surface area contributed by atoms with Crippen molar-refractivity contribution < 1.29 is 22.0 Å². The van der Waals surface area contributed by atoms with Gasteiger partial charge in [0, 0.05) is 12.4 Å². The van der Waals surface area contributed by atoms with Crippen molar-refractivity contribution in [2.24, 2.45) is 0 Å². The maximum atomic E-state index is 12.7. The second-order valence-electron chi connectivity index (χ2n) is 2.43. The van der Waals surface area contributed by atoms with Crippen molar-refractivity contribution in [1.82, 2.24) is 9.97 Å². The first-order chi connectivity index (χ1) is 5.81. The van der Waals surface area contributed by atoms with E-state index in [0.29, 0.717) is 0 Å². The zero-order valence-corrected chi connectivity index (χ0v) is 6.20. The lowest BCUT2D eigenvalue weighted by Crippen LogP contribution is -2.24. The Morgan fingerprint density at radius 2 is 1.85 bits per heavy atom. The number of halogens is 5. The Bertz CT molecular complexity index is 263. The molecule has 1 aromatic rings. The van der Waals surface area contributed by atoms with E-state index in [-0.39, 0.29) is 0 Å². The number of aromatic amines is 1. The van der Waals surface area contributed by atoms with E-state index >= 15 is 0 Å². The molecule has 0 fully saturated rings. The molecule has 0 aliphatic carbocycles. The normalized spacial score (nSPS) is 13.3. The summed E-state index contributed by atoms with van der Waals surface area (Å²) in [7, 11) is 0. The van der Waals surface area contributed by atoms with Crippen LogP contribution in [-0.4, -0.2) is 16.1 Å². The minimum atomic E-state index is -4.91. The van der Waals surface area contributed by atoms with Crippen LogP contribution in [-0.2, 0) is 5.92 Å². The molecule has 7 heteroatoms. The van der Waals surface area contributed by atoms with Crippen LogP contribution >= 0.6 is 0 Å². The summed E-state index contributed by atoms with van der Waals surface area (Å²) in [5.41, 5.74) is 0. The number of alkyl halides is 5. The summed E-state index contributed by atoms with van der Waals surface area (Å²) in [5.74, 6) is -4.95. The summed E-state index contributed by atoms with van der Waals surface area (Å²) in [6, 6.07) is 0.